The first-order chi connectivity index (χ1) is 11.7. The molecule has 0 aromatic heterocycles. The first kappa shape index (κ1) is 19.4. The molecule has 1 N–H and O–H groups in total. The highest BCUT2D eigenvalue weighted by Crippen LogP contribution is 2.25. The second kappa shape index (κ2) is 7.53. The van der Waals surface area contributed by atoms with Crippen molar-refractivity contribution in [3.63, 3.8) is 0 Å². The number of rotatable bonds is 6. The van der Waals surface area contributed by atoms with Crippen LogP contribution in [0.2, 0.25) is 0 Å². The Bertz CT molecular complexity index is 741. The maximum absolute atomic E-state index is 12.7. The van der Waals surface area contributed by atoms with Crippen LogP contribution in [0, 0.1) is 0 Å². The number of carboxylic acids is 1. The van der Waals surface area contributed by atoms with Crippen LogP contribution >= 0.6 is 0 Å². The lowest BCUT2D eigenvalue weighted by Gasteiger charge is -2.23. The van der Waals surface area contributed by atoms with E-state index in [1.54, 1.807) is 13.8 Å². The quantitative estimate of drug-likeness (QED) is 0.817. The zero-order valence-electron chi connectivity index (χ0n) is 14.5. The summed E-state index contributed by atoms with van der Waals surface area (Å²) in [5, 5.41) is 8.49. The van der Waals surface area contributed by atoms with Gasteiger partial charge in [-0.2, -0.15) is 0 Å². The molecule has 1 fully saturated rings. The van der Waals surface area contributed by atoms with Crippen LogP contribution in [-0.4, -0.2) is 61.4 Å². The number of hydrogen-bond acceptors (Lipinski definition) is 5. The van der Waals surface area contributed by atoms with Crippen molar-refractivity contribution >= 4 is 21.7 Å². The normalized spacial score (nSPS) is 20.9. The molecule has 1 aliphatic heterocycles. The van der Waals surface area contributed by atoms with Gasteiger partial charge in [0.25, 0.3) is 5.91 Å². The van der Waals surface area contributed by atoms with Gasteiger partial charge in [0.1, 0.15) is 0 Å². The molecule has 25 heavy (non-hydrogen) atoms. The molecular formula is C17H23NO6S. The third-order valence-electron chi connectivity index (χ3n) is 4.43. The van der Waals surface area contributed by atoms with E-state index in [1.165, 1.54) is 36.3 Å². The number of aliphatic carboxylic acids is 1. The number of hydrogen-bond donors (Lipinski definition) is 1. The van der Waals surface area contributed by atoms with E-state index < -0.39 is 27.1 Å². The van der Waals surface area contributed by atoms with Gasteiger partial charge in [-0.3, -0.25) is 9.59 Å². The summed E-state index contributed by atoms with van der Waals surface area (Å²) in [4.78, 5) is 25.4. The van der Waals surface area contributed by atoms with Crippen molar-refractivity contribution in [3.8, 4) is 0 Å². The lowest BCUT2D eigenvalue weighted by molar-refractivity contribution is -0.138. The van der Waals surface area contributed by atoms with Gasteiger partial charge < -0.3 is 14.7 Å². The zero-order chi connectivity index (χ0) is 18.8. The summed E-state index contributed by atoms with van der Waals surface area (Å²) in [7, 11) is -1.87. The van der Waals surface area contributed by atoms with E-state index >= 15 is 0 Å². The predicted octanol–water partition coefficient (Wildman–Crippen LogP) is 1.57. The number of benzene rings is 1. The van der Waals surface area contributed by atoms with Gasteiger partial charge >= 0.3 is 5.97 Å². The van der Waals surface area contributed by atoms with Crippen molar-refractivity contribution in [3.05, 3.63) is 29.8 Å². The van der Waals surface area contributed by atoms with E-state index in [-0.39, 0.29) is 23.3 Å². The Morgan fingerprint density at radius 3 is 2.36 bits per heavy atom. The fourth-order valence-electron chi connectivity index (χ4n) is 2.91. The fraction of sp³-hybridized carbons (Fsp3) is 0.529. The highest BCUT2D eigenvalue weighted by Gasteiger charge is 2.37. The van der Waals surface area contributed by atoms with E-state index in [9.17, 15) is 18.0 Å². The maximum Gasteiger partial charge on any atom is 0.305 e. The molecule has 0 spiro atoms. The molecule has 0 bridgehead atoms. The molecule has 0 radical (unpaired) electrons. The van der Waals surface area contributed by atoms with Crippen molar-refractivity contribution in [2.75, 3.05) is 13.7 Å². The number of carbonyl (C=O) groups excluding carboxylic acids is 1. The number of methoxy groups -OCH3 is 1. The van der Waals surface area contributed by atoms with E-state index in [1.807, 2.05) is 0 Å². The highest BCUT2D eigenvalue weighted by atomic mass is 32.2. The Morgan fingerprint density at radius 1 is 1.28 bits per heavy atom. The average molecular weight is 369 g/mol. The average Bonchev–Trinajstić information content (AvgIpc) is 2.96. The van der Waals surface area contributed by atoms with E-state index in [0.717, 1.165) is 0 Å². The molecule has 1 heterocycles. The van der Waals surface area contributed by atoms with E-state index in [0.29, 0.717) is 18.5 Å². The topological polar surface area (TPSA) is 101 Å². The predicted molar refractivity (Wildman–Crippen MR) is 91.3 cm³/mol. The molecule has 2 atom stereocenters. The summed E-state index contributed by atoms with van der Waals surface area (Å²) in [6, 6.07) is 5.33. The molecule has 1 saturated heterocycles. The minimum Gasteiger partial charge on any atom is -0.481 e. The number of carboxylic acid groups (broad SMARTS) is 1. The highest BCUT2D eigenvalue weighted by molar-refractivity contribution is 7.92. The van der Waals surface area contributed by atoms with Gasteiger partial charge in [0, 0.05) is 25.3 Å². The third kappa shape index (κ3) is 4.19. The van der Waals surface area contributed by atoms with Crippen LogP contribution in [0.5, 0.6) is 0 Å². The molecule has 1 aromatic rings. The lowest BCUT2D eigenvalue weighted by atomic mass is 10.1. The molecule has 7 nitrogen and oxygen atoms in total. The summed E-state index contributed by atoms with van der Waals surface area (Å²) in [6.07, 6.45) is 0.119. The summed E-state index contributed by atoms with van der Waals surface area (Å²) < 4.78 is 29.6. The zero-order valence-corrected chi connectivity index (χ0v) is 15.3. The molecule has 0 saturated carbocycles. The molecule has 0 aliphatic carbocycles. The second-order valence-electron chi connectivity index (χ2n) is 6.42. The van der Waals surface area contributed by atoms with Gasteiger partial charge in [-0.15, -0.1) is 0 Å². The molecular weight excluding hydrogens is 346 g/mol. The summed E-state index contributed by atoms with van der Waals surface area (Å²) in [5.74, 6) is -1.29. The molecule has 1 aliphatic rings. The molecule has 8 heteroatoms. The van der Waals surface area contributed by atoms with Gasteiger partial charge in [0.2, 0.25) is 0 Å². The molecule has 1 amide bonds. The first-order valence-electron chi connectivity index (χ1n) is 8.06. The first-order valence-corrected chi connectivity index (χ1v) is 9.61. The lowest BCUT2D eigenvalue weighted by Crippen LogP contribution is -2.37. The molecule has 2 unspecified atom stereocenters. The van der Waals surface area contributed by atoms with Crippen LogP contribution in [0.4, 0.5) is 0 Å². The van der Waals surface area contributed by atoms with Crippen LogP contribution in [0.15, 0.2) is 29.2 Å². The van der Waals surface area contributed by atoms with Crippen molar-refractivity contribution in [1.82, 2.24) is 4.90 Å². The largest absolute Gasteiger partial charge is 0.481 e. The monoisotopic (exact) mass is 369 g/mol. The van der Waals surface area contributed by atoms with Gasteiger partial charge in [-0.25, -0.2) is 8.42 Å². The number of ether oxygens (including phenoxy) is 1. The number of carbonyl (C=O) groups is 2. The Balaban J connectivity index is 2.23. The van der Waals surface area contributed by atoms with Crippen LogP contribution in [0.3, 0.4) is 0 Å². The van der Waals surface area contributed by atoms with E-state index in [2.05, 4.69) is 0 Å². The number of amides is 1. The minimum atomic E-state index is -3.40. The molecule has 1 aromatic carbocycles. The fourth-order valence-corrected chi connectivity index (χ4v) is 3.97. The maximum atomic E-state index is 12.7. The molecule has 138 valence electrons. The SMILES string of the molecule is COC1CC(CC(=O)O)N(C(=O)c2ccc(S(=O)(=O)C(C)C)cc2)C1. The van der Waals surface area contributed by atoms with E-state index in [4.69, 9.17) is 9.84 Å². The summed E-state index contributed by atoms with van der Waals surface area (Å²) in [6.45, 7) is 3.51. The summed E-state index contributed by atoms with van der Waals surface area (Å²) in [5.41, 5.74) is 0.329. The van der Waals surface area contributed by atoms with Crippen LogP contribution in [-0.2, 0) is 19.4 Å². The standard InChI is InChI=1S/C17H23NO6S/c1-11(2)25(22,23)15-6-4-12(5-7-15)17(21)18-10-14(24-3)8-13(18)9-16(19)20/h4-7,11,13-14H,8-10H2,1-3H3,(H,19,20). The Kier molecular flexibility index (Phi) is 5.84. The van der Waals surface area contributed by atoms with Gasteiger partial charge in [0.15, 0.2) is 9.84 Å². The van der Waals surface area contributed by atoms with Crippen LogP contribution < -0.4 is 0 Å². The number of sulfone groups is 1. The van der Waals surface area contributed by atoms with Crippen LogP contribution in [0.25, 0.3) is 0 Å². The third-order valence-corrected chi connectivity index (χ3v) is 6.60. The molecule has 2 rings (SSSR count). The van der Waals surface area contributed by atoms with Crippen molar-refractivity contribution in [2.45, 2.75) is 49.0 Å². The number of likely N-dealkylation sites (tertiary alicyclic amines) is 1. The van der Waals surface area contributed by atoms with Gasteiger partial charge in [0.05, 0.1) is 22.7 Å². The second-order valence-corrected chi connectivity index (χ2v) is 8.92. The Labute approximate surface area is 147 Å². The minimum absolute atomic E-state index is 0.147. The Hall–Kier alpha value is -1.93. The van der Waals surface area contributed by atoms with Gasteiger partial charge in [-0.05, 0) is 44.5 Å². The van der Waals surface area contributed by atoms with Crippen molar-refractivity contribution in [1.29, 1.82) is 0 Å². The number of nitrogens with zero attached hydrogens (tertiary/aromatic N) is 1. The van der Waals surface area contributed by atoms with Gasteiger partial charge in [-0.1, -0.05) is 0 Å². The van der Waals surface area contributed by atoms with Crippen LogP contribution in [0.1, 0.15) is 37.0 Å². The van der Waals surface area contributed by atoms with Crippen molar-refractivity contribution < 1.29 is 27.9 Å². The smallest absolute Gasteiger partial charge is 0.305 e. The summed E-state index contributed by atoms with van der Waals surface area (Å²) >= 11 is 0. The Morgan fingerprint density at radius 2 is 1.88 bits per heavy atom. The van der Waals surface area contributed by atoms with Crippen molar-refractivity contribution in [2.24, 2.45) is 0 Å².